The van der Waals surface area contributed by atoms with E-state index in [-0.39, 0.29) is 17.0 Å². The maximum atomic E-state index is 9.55. The third kappa shape index (κ3) is 16.3. The van der Waals surface area contributed by atoms with Crippen LogP contribution in [0.1, 0.15) is 111 Å². The molecule has 1 N–H and O–H groups in total. The summed E-state index contributed by atoms with van der Waals surface area (Å²) in [7, 11) is 0. The Balaban J connectivity index is 0. The Kier molecular flexibility index (Phi) is 22.9. The largest absolute Gasteiger partial charge is 1.00 e. The van der Waals surface area contributed by atoms with Crippen LogP contribution in [-0.4, -0.2) is 42.4 Å². The van der Waals surface area contributed by atoms with Gasteiger partial charge in [0.2, 0.25) is 0 Å². The first-order valence-electron chi connectivity index (χ1n) is 11.2. The summed E-state index contributed by atoms with van der Waals surface area (Å²) in [6, 6.07) is 0. The van der Waals surface area contributed by atoms with Crippen molar-refractivity contribution >= 4 is 0 Å². The molecule has 0 aromatic heterocycles. The van der Waals surface area contributed by atoms with Crippen molar-refractivity contribution in [3.8, 4) is 0 Å². The number of hydrogen-bond acceptors (Lipinski definition) is 1. The summed E-state index contributed by atoms with van der Waals surface area (Å²) in [6.45, 7) is 12.0. The van der Waals surface area contributed by atoms with Crippen molar-refractivity contribution in [3.05, 3.63) is 0 Å². The lowest BCUT2D eigenvalue weighted by molar-refractivity contribution is -0.929. The summed E-state index contributed by atoms with van der Waals surface area (Å²) >= 11 is 0. The lowest BCUT2D eigenvalue weighted by Gasteiger charge is -2.38. The van der Waals surface area contributed by atoms with Crippen LogP contribution in [0, 0.1) is 0 Å². The average Bonchev–Trinajstić information content (AvgIpc) is 2.60. The highest BCUT2D eigenvalue weighted by Gasteiger charge is 2.24. The first kappa shape index (κ1) is 27.6. The molecule has 0 radical (unpaired) electrons. The Morgan fingerprint density at radius 3 is 1.24 bits per heavy atom. The Hall–Kier alpha value is 0.400. The van der Waals surface area contributed by atoms with E-state index in [1.54, 1.807) is 0 Å². The van der Waals surface area contributed by atoms with Crippen LogP contribution in [0.25, 0.3) is 0 Å². The Morgan fingerprint density at radius 1 is 0.480 bits per heavy atom. The number of quaternary nitrogens is 1. The second-order valence-corrected chi connectivity index (χ2v) is 7.85. The number of nitrogens with zero attached hydrogens (tertiary/aromatic N) is 1. The van der Waals surface area contributed by atoms with E-state index in [2.05, 4.69) is 20.8 Å². The maximum Gasteiger partial charge on any atom is 0.102 e. The van der Waals surface area contributed by atoms with Gasteiger partial charge in [0.25, 0.3) is 0 Å². The third-order valence-corrected chi connectivity index (χ3v) is 5.53. The van der Waals surface area contributed by atoms with Gasteiger partial charge in [-0.15, -0.1) is 0 Å². The van der Waals surface area contributed by atoms with Gasteiger partial charge in [-0.25, -0.2) is 0 Å². The lowest BCUT2D eigenvalue weighted by atomic mass is 10.1. The molecule has 0 saturated heterocycles. The fourth-order valence-corrected chi connectivity index (χ4v) is 3.80. The van der Waals surface area contributed by atoms with Gasteiger partial charge in [-0.3, -0.25) is 0 Å². The van der Waals surface area contributed by atoms with E-state index >= 15 is 0 Å². The van der Waals surface area contributed by atoms with E-state index < -0.39 is 0 Å². The summed E-state index contributed by atoms with van der Waals surface area (Å²) < 4.78 is 1.18. The molecule has 2 nitrogen and oxygen atoms in total. The molecule has 0 atom stereocenters. The van der Waals surface area contributed by atoms with Gasteiger partial charge in [-0.1, -0.05) is 85.0 Å². The van der Waals surface area contributed by atoms with Crippen molar-refractivity contribution in [2.45, 2.75) is 111 Å². The fraction of sp³-hybridized carbons (Fsp3) is 1.00. The number of halogens is 1. The summed E-state index contributed by atoms with van der Waals surface area (Å²) in [5.74, 6) is 0. The zero-order valence-electron chi connectivity index (χ0n) is 17.7. The SMILES string of the molecule is CCCCCCCCCCCC[N+](CCO)(CCCC)CCCC.[Br-]. The quantitative estimate of drug-likeness (QED) is 0.250. The van der Waals surface area contributed by atoms with Crippen molar-refractivity contribution in [2.75, 3.05) is 32.8 Å². The Morgan fingerprint density at radius 2 is 0.840 bits per heavy atom. The second-order valence-electron chi connectivity index (χ2n) is 7.85. The molecule has 0 unspecified atom stereocenters. The predicted molar refractivity (Wildman–Crippen MR) is 108 cm³/mol. The van der Waals surface area contributed by atoms with E-state index in [1.165, 1.54) is 114 Å². The van der Waals surface area contributed by atoms with Crippen molar-refractivity contribution in [2.24, 2.45) is 0 Å². The van der Waals surface area contributed by atoms with Gasteiger partial charge in [0, 0.05) is 0 Å². The van der Waals surface area contributed by atoms with E-state index in [0.29, 0.717) is 6.61 Å². The van der Waals surface area contributed by atoms with Crippen LogP contribution in [-0.2, 0) is 0 Å². The Bertz CT molecular complexity index is 240. The van der Waals surface area contributed by atoms with Crippen LogP contribution < -0.4 is 17.0 Å². The number of hydrogen-bond donors (Lipinski definition) is 1. The minimum Gasteiger partial charge on any atom is -1.00 e. The molecule has 0 aromatic rings. The maximum absolute atomic E-state index is 9.55. The van der Waals surface area contributed by atoms with Gasteiger partial charge in [-0.05, 0) is 25.7 Å². The molecule has 0 rings (SSSR count). The number of aliphatic hydroxyl groups excluding tert-OH is 1. The van der Waals surface area contributed by atoms with Gasteiger partial charge in [0.05, 0.1) is 26.2 Å². The molecule has 0 bridgehead atoms. The number of unbranched alkanes of at least 4 members (excludes halogenated alkanes) is 11. The van der Waals surface area contributed by atoms with Crippen LogP contribution in [0.2, 0.25) is 0 Å². The second kappa shape index (κ2) is 20.7. The Labute approximate surface area is 170 Å². The van der Waals surface area contributed by atoms with Crippen LogP contribution >= 0.6 is 0 Å². The van der Waals surface area contributed by atoms with E-state index in [9.17, 15) is 5.11 Å². The number of aliphatic hydroxyl groups is 1. The minimum absolute atomic E-state index is 0. The fourth-order valence-electron chi connectivity index (χ4n) is 3.80. The topological polar surface area (TPSA) is 20.2 Å². The summed E-state index contributed by atoms with van der Waals surface area (Å²) in [5, 5.41) is 9.55. The molecule has 3 heteroatoms. The molecule has 0 saturated carbocycles. The van der Waals surface area contributed by atoms with Crippen molar-refractivity contribution < 1.29 is 26.6 Å². The molecule has 0 spiro atoms. The first-order valence-corrected chi connectivity index (χ1v) is 11.2. The van der Waals surface area contributed by atoms with E-state index in [1.807, 2.05) is 0 Å². The monoisotopic (exact) mass is 421 g/mol. The average molecular weight is 423 g/mol. The summed E-state index contributed by atoms with van der Waals surface area (Å²) in [6.07, 6.45) is 19.3. The molecule has 0 heterocycles. The van der Waals surface area contributed by atoms with Gasteiger partial charge in [-0.2, -0.15) is 0 Å². The minimum atomic E-state index is 0. The number of rotatable bonds is 19. The van der Waals surface area contributed by atoms with E-state index in [4.69, 9.17) is 0 Å². The summed E-state index contributed by atoms with van der Waals surface area (Å²) in [4.78, 5) is 0. The van der Waals surface area contributed by atoms with E-state index in [0.717, 1.165) is 6.54 Å². The highest BCUT2D eigenvalue weighted by Crippen LogP contribution is 2.16. The standard InChI is InChI=1S/C22H48NO.BrH/c1-4-7-10-11-12-13-14-15-16-17-20-23(21-22-24,18-8-5-2)19-9-6-3;/h24H,4-22H2,1-3H3;1H/q+1;/p-1. The van der Waals surface area contributed by atoms with Crippen LogP contribution in [0.5, 0.6) is 0 Å². The molecule has 0 aliphatic rings. The van der Waals surface area contributed by atoms with Crippen LogP contribution in [0.15, 0.2) is 0 Å². The first-order chi connectivity index (χ1) is 11.7. The van der Waals surface area contributed by atoms with Crippen molar-refractivity contribution in [3.63, 3.8) is 0 Å². The van der Waals surface area contributed by atoms with Gasteiger partial charge in [0.1, 0.15) is 6.54 Å². The normalized spacial score (nSPS) is 11.5. The van der Waals surface area contributed by atoms with Crippen molar-refractivity contribution in [1.29, 1.82) is 0 Å². The molecule has 0 aliphatic carbocycles. The lowest BCUT2D eigenvalue weighted by Crippen LogP contribution is -3.00. The predicted octanol–water partition coefficient (Wildman–Crippen LogP) is 3.32. The highest BCUT2D eigenvalue weighted by molar-refractivity contribution is 4.51. The van der Waals surface area contributed by atoms with Crippen LogP contribution in [0.4, 0.5) is 0 Å². The summed E-state index contributed by atoms with van der Waals surface area (Å²) in [5.41, 5.74) is 0. The van der Waals surface area contributed by atoms with Gasteiger partial charge in [0.15, 0.2) is 0 Å². The molecule has 25 heavy (non-hydrogen) atoms. The molecule has 0 aliphatic heterocycles. The highest BCUT2D eigenvalue weighted by atomic mass is 79.9. The van der Waals surface area contributed by atoms with Gasteiger partial charge < -0.3 is 26.6 Å². The third-order valence-electron chi connectivity index (χ3n) is 5.53. The van der Waals surface area contributed by atoms with Gasteiger partial charge >= 0.3 is 0 Å². The molecule has 0 aromatic carbocycles. The zero-order valence-corrected chi connectivity index (χ0v) is 19.3. The van der Waals surface area contributed by atoms with Crippen LogP contribution in [0.3, 0.4) is 0 Å². The molecular formula is C22H48BrNO. The molecule has 154 valence electrons. The smallest absolute Gasteiger partial charge is 0.102 e. The molecule has 0 amide bonds. The molecule has 0 fully saturated rings. The van der Waals surface area contributed by atoms with Crippen molar-refractivity contribution in [1.82, 2.24) is 0 Å². The zero-order chi connectivity index (χ0) is 17.9. The molecular weight excluding hydrogens is 374 g/mol.